The van der Waals surface area contributed by atoms with Crippen LogP contribution < -0.4 is 5.32 Å². The van der Waals surface area contributed by atoms with E-state index < -0.39 is 5.97 Å². The number of carbonyl (C=O) groups excluding carboxylic acids is 3. The second-order valence-corrected chi connectivity index (χ2v) is 7.64. The quantitative estimate of drug-likeness (QED) is 0.510. The van der Waals surface area contributed by atoms with Gasteiger partial charge in [-0.2, -0.15) is 0 Å². The lowest BCUT2D eigenvalue weighted by Crippen LogP contribution is -2.25. The van der Waals surface area contributed by atoms with Crippen LogP contribution in [0.4, 0.5) is 0 Å². The van der Waals surface area contributed by atoms with E-state index in [0.717, 1.165) is 30.4 Å². The molecule has 2 aliphatic rings. The largest absolute Gasteiger partial charge is 0.462 e. The standard InChI is InChI=1S/C22H31NO5/c1-6-28-22(26)20(15(4)11-27-12-18(25)23-5)21(16-7-8-16)19-14(3)9-13(2)10-17(19)24/h13,16H,3,6-12H2,1-2,4-5H3,(H,23,25)/b20-15-,21-19+. The molecule has 0 heterocycles. The van der Waals surface area contributed by atoms with Crippen molar-refractivity contribution in [1.29, 1.82) is 0 Å². The molecule has 1 unspecified atom stereocenters. The van der Waals surface area contributed by atoms with Crippen LogP contribution in [0, 0.1) is 11.8 Å². The van der Waals surface area contributed by atoms with Gasteiger partial charge in [-0.25, -0.2) is 4.79 Å². The summed E-state index contributed by atoms with van der Waals surface area (Å²) in [5.74, 6) is -0.214. The fourth-order valence-corrected chi connectivity index (χ4v) is 3.61. The van der Waals surface area contributed by atoms with Crippen molar-refractivity contribution in [2.75, 3.05) is 26.9 Å². The number of carbonyl (C=O) groups is 3. The molecule has 0 aromatic heterocycles. The smallest absolute Gasteiger partial charge is 0.338 e. The third kappa shape index (κ3) is 5.41. The lowest BCUT2D eigenvalue weighted by atomic mass is 9.77. The van der Waals surface area contributed by atoms with Gasteiger partial charge in [0.1, 0.15) is 6.61 Å². The first kappa shape index (κ1) is 22.1. The monoisotopic (exact) mass is 389 g/mol. The molecule has 0 aliphatic heterocycles. The molecule has 28 heavy (non-hydrogen) atoms. The maximum Gasteiger partial charge on any atom is 0.338 e. The highest BCUT2D eigenvalue weighted by atomic mass is 16.5. The van der Waals surface area contributed by atoms with Gasteiger partial charge in [0.15, 0.2) is 5.78 Å². The molecule has 1 amide bonds. The number of Topliss-reactive ketones (excluding diaryl/α,β-unsaturated/α-hetero) is 1. The average molecular weight is 389 g/mol. The summed E-state index contributed by atoms with van der Waals surface area (Å²) in [5, 5.41) is 2.49. The minimum absolute atomic E-state index is 0.0477. The van der Waals surface area contributed by atoms with Crippen molar-refractivity contribution >= 4 is 17.7 Å². The molecule has 2 saturated carbocycles. The number of hydrogen-bond acceptors (Lipinski definition) is 5. The first-order valence-electron chi connectivity index (χ1n) is 9.91. The normalized spacial score (nSPS) is 22.5. The predicted octanol–water partition coefficient (Wildman–Crippen LogP) is 2.89. The average Bonchev–Trinajstić information content (AvgIpc) is 3.44. The third-order valence-corrected chi connectivity index (χ3v) is 5.02. The Kier molecular flexibility index (Phi) is 7.75. The highest BCUT2D eigenvalue weighted by Gasteiger charge is 2.38. The molecule has 0 aromatic carbocycles. The number of ether oxygens (including phenoxy) is 2. The van der Waals surface area contributed by atoms with E-state index in [4.69, 9.17) is 9.47 Å². The van der Waals surface area contributed by atoms with Gasteiger partial charge < -0.3 is 14.8 Å². The Balaban J connectivity index is 2.46. The molecule has 0 bridgehead atoms. The van der Waals surface area contributed by atoms with Gasteiger partial charge in [-0.3, -0.25) is 9.59 Å². The number of allylic oxidation sites excluding steroid dienone is 2. The van der Waals surface area contributed by atoms with Crippen LogP contribution >= 0.6 is 0 Å². The molecule has 154 valence electrons. The van der Waals surface area contributed by atoms with E-state index in [1.807, 2.05) is 6.92 Å². The fraction of sp³-hybridized carbons (Fsp3) is 0.591. The van der Waals surface area contributed by atoms with Gasteiger partial charge in [0.2, 0.25) is 5.91 Å². The number of nitrogens with one attached hydrogen (secondary N) is 1. The van der Waals surface area contributed by atoms with Crippen molar-refractivity contribution in [2.45, 2.75) is 46.5 Å². The number of hydrogen-bond donors (Lipinski definition) is 1. The molecule has 0 saturated heterocycles. The number of rotatable bonds is 8. The molecule has 1 N–H and O–H groups in total. The molecule has 0 aromatic rings. The maximum absolute atomic E-state index is 12.9. The topological polar surface area (TPSA) is 81.7 Å². The van der Waals surface area contributed by atoms with Crippen LogP contribution in [0.2, 0.25) is 0 Å². The van der Waals surface area contributed by atoms with Crippen molar-refractivity contribution in [2.24, 2.45) is 11.8 Å². The highest BCUT2D eigenvalue weighted by Crippen LogP contribution is 2.46. The maximum atomic E-state index is 12.9. The highest BCUT2D eigenvalue weighted by molar-refractivity contribution is 6.06. The van der Waals surface area contributed by atoms with E-state index in [1.165, 1.54) is 7.05 Å². The zero-order valence-corrected chi connectivity index (χ0v) is 17.4. The molecule has 6 nitrogen and oxygen atoms in total. The van der Waals surface area contributed by atoms with Gasteiger partial charge in [-0.15, -0.1) is 0 Å². The number of esters is 1. The van der Waals surface area contributed by atoms with Crippen LogP contribution in [-0.2, 0) is 23.9 Å². The summed E-state index contributed by atoms with van der Waals surface area (Å²) in [7, 11) is 1.54. The van der Waals surface area contributed by atoms with Crippen LogP contribution in [0.5, 0.6) is 0 Å². The number of amides is 1. The van der Waals surface area contributed by atoms with Crippen molar-refractivity contribution in [1.82, 2.24) is 5.32 Å². The minimum Gasteiger partial charge on any atom is -0.462 e. The van der Waals surface area contributed by atoms with E-state index in [-0.39, 0.29) is 43.3 Å². The SMILES string of the molecule is C=C1CC(C)CC(=O)/C1=C(/C(C(=O)OCC)=C(\C)COCC(=O)NC)C1CC1. The van der Waals surface area contributed by atoms with E-state index >= 15 is 0 Å². The summed E-state index contributed by atoms with van der Waals surface area (Å²) in [5.41, 5.74) is 3.25. The van der Waals surface area contributed by atoms with Crippen molar-refractivity contribution in [3.63, 3.8) is 0 Å². The number of likely N-dealkylation sites (N-methyl/N-ethyl adjacent to an activating group) is 1. The van der Waals surface area contributed by atoms with Gasteiger partial charge >= 0.3 is 5.97 Å². The van der Waals surface area contributed by atoms with E-state index in [1.54, 1.807) is 13.8 Å². The minimum atomic E-state index is -0.447. The van der Waals surface area contributed by atoms with Crippen LogP contribution in [-0.4, -0.2) is 44.5 Å². The van der Waals surface area contributed by atoms with Crippen molar-refractivity contribution in [3.05, 3.63) is 34.4 Å². The Morgan fingerprint density at radius 1 is 1.21 bits per heavy atom. The van der Waals surface area contributed by atoms with Gasteiger partial charge in [0.05, 0.1) is 18.8 Å². The molecule has 0 radical (unpaired) electrons. The van der Waals surface area contributed by atoms with E-state index in [0.29, 0.717) is 23.1 Å². The first-order chi connectivity index (χ1) is 13.3. The lowest BCUT2D eigenvalue weighted by Gasteiger charge is -2.26. The summed E-state index contributed by atoms with van der Waals surface area (Å²) in [4.78, 5) is 37.1. The second-order valence-electron chi connectivity index (χ2n) is 7.64. The lowest BCUT2D eigenvalue weighted by molar-refractivity contribution is -0.138. The third-order valence-electron chi connectivity index (χ3n) is 5.02. The van der Waals surface area contributed by atoms with Crippen molar-refractivity contribution < 1.29 is 23.9 Å². The Morgan fingerprint density at radius 3 is 2.43 bits per heavy atom. The summed E-state index contributed by atoms with van der Waals surface area (Å²) in [6.07, 6.45) is 3.08. The first-order valence-corrected chi connectivity index (χ1v) is 9.91. The molecule has 2 rings (SSSR count). The number of ketones is 1. The van der Waals surface area contributed by atoms with Crippen LogP contribution in [0.25, 0.3) is 0 Å². The van der Waals surface area contributed by atoms with Crippen LogP contribution in [0.15, 0.2) is 34.4 Å². The fourth-order valence-electron chi connectivity index (χ4n) is 3.61. The Hall–Kier alpha value is -2.21. The van der Waals surface area contributed by atoms with Gasteiger partial charge in [0, 0.05) is 19.0 Å². The van der Waals surface area contributed by atoms with Gasteiger partial charge in [0.25, 0.3) is 0 Å². The summed E-state index contributed by atoms with van der Waals surface area (Å²) in [6, 6.07) is 0. The molecule has 0 spiro atoms. The Morgan fingerprint density at radius 2 is 1.89 bits per heavy atom. The van der Waals surface area contributed by atoms with Crippen LogP contribution in [0.3, 0.4) is 0 Å². The molecular weight excluding hydrogens is 358 g/mol. The molecular formula is C22H31NO5. The Bertz CT molecular complexity index is 707. The Labute approximate surface area is 167 Å². The summed E-state index contributed by atoms with van der Waals surface area (Å²) < 4.78 is 10.8. The summed E-state index contributed by atoms with van der Waals surface area (Å²) >= 11 is 0. The molecule has 2 aliphatic carbocycles. The second kappa shape index (κ2) is 9.82. The predicted molar refractivity (Wildman–Crippen MR) is 107 cm³/mol. The molecule has 1 atom stereocenters. The van der Waals surface area contributed by atoms with Gasteiger partial charge in [-0.1, -0.05) is 13.5 Å². The zero-order chi connectivity index (χ0) is 20.8. The van der Waals surface area contributed by atoms with Crippen molar-refractivity contribution in [3.8, 4) is 0 Å². The summed E-state index contributed by atoms with van der Waals surface area (Å²) in [6.45, 7) is 9.98. The van der Waals surface area contributed by atoms with Crippen LogP contribution in [0.1, 0.15) is 46.5 Å². The zero-order valence-electron chi connectivity index (χ0n) is 17.4. The molecule has 2 fully saturated rings. The van der Waals surface area contributed by atoms with E-state index in [2.05, 4.69) is 11.9 Å². The molecule has 6 heteroatoms. The van der Waals surface area contributed by atoms with Gasteiger partial charge in [-0.05, 0) is 61.7 Å². The van der Waals surface area contributed by atoms with E-state index in [9.17, 15) is 14.4 Å².